The van der Waals surface area contributed by atoms with Crippen LogP contribution in [0, 0.1) is 12.7 Å². The fourth-order valence-corrected chi connectivity index (χ4v) is 4.05. The Kier molecular flexibility index (Phi) is 3.41. The van der Waals surface area contributed by atoms with Crippen LogP contribution in [0.25, 0.3) is 11.0 Å². The Labute approximate surface area is 134 Å². The zero-order chi connectivity index (χ0) is 16.0. The van der Waals surface area contributed by atoms with Crippen molar-refractivity contribution in [2.75, 3.05) is 6.61 Å². The molecular weight excluding hydrogens is 297 g/mol. The molecule has 1 amide bonds. The zero-order valence-electron chi connectivity index (χ0n) is 13.2. The average Bonchev–Trinajstić information content (AvgIpc) is 3.23. The van der Waals surface area contributed by atoms with E-state index in [9.17, 15) is 9.18 Å². The molecule has 4 nitrogen and oxygen atoms in total. The van der Waals surface area contributed by atoms with Crippen LogP contribution in [0.15, 0.2) is 22.6 Å². The Hall–Kier alpha value is -1.88. The molecule has 23 heavy (non-hydrogen) atoms. The molecule has 1 spiro atoms. The van der Waals surface area contributed by atoms with Gasteiger partial charge in [0.05, 0.1) is 11.6 Å². The van der Waals surface area contributed by atoms with E-state index in [1.54, 1.807) is 13.0 Å². The summed E-state index contributed by atoms with van der Waals surface area (Å²) in [5, 5.41) is 3.74. The summed E-state index contributed by atoms with van der Waals surface area (Å²) in [6.07, 6.45) is 5.13. The molecule has 122 valence electrons. The fraction of sp³-hybridized carbons (Fsp3) is 0.500. The number of nitrogens with one attached hydrogen (secondary N) is 1. The highest BCUT2D eigenvalue weighted by atomic mass is 19.1. The van der Waals surface area contributed by atoms with Gasteiger partial charge in [0, 0.05) is 17.6 Å². The van der Waals surface area contributed by atoms with E-state index >= 15 is 0 Å². The number of rotatable bonds is 2. The second-order valence-electron chi connectivity index (χ2n) is 6.63. The van der Waals surface area contributed by atoms with Crippen molar-refractivity contribution in [3.8, 4) is 0 Å². The Balaban J connectivity index is 1.61. The van der Waals surface area contributed by atoms with Crippen LogP contribution in [0.1, 0.15) is 48.2 Å². The highest BCUT2D eigenvalue weighted by molar-refractivity contribution is 5.99. The number of carbonyl (C=O) groups excluding carboxylic acids is 1. The number of furan rings is 1. The van der Waals surface area contributed by atoms with Gasteiger partial charge >= 0.3 is 0 Å². The minimum absolute atomic E-state index is 0.0295. The van der Waals surface area contributed by atoms with Crippen LogP contribution >= 0.6 is 0 Å². The van der Waals surface area contributed by atoms with Gasteiger partial charge in [-0.25, -0.2) is 4.39 Å². The molecule has 1 atom stereocenters. The standard InChI is InChI=1S/C18H20FNO3/c1-11-13-10-12(19)4-5-14(13)23-16(11)17(21)20-15-6-9-22-18(15)7-2-3-8-18/h4-5,10,15H,2-3,6-9H2,1H3,(H,20,21). The average molecular weight is 317 g/mol. The minimum atomic E-state index is -0.331. The molecule has 1 aromatic heterocycles. The number of halogens is 1. The molecule has 1 saturated heterocycles. The summed E-state index contributed by atoms with van der Waals surface area (Å²) in [4.78, 5) is 12.7. The smallest absolute Gasteiger partial charge is 0.287 e. The number of benzene rings is 1. The Morgan fingerprint density at radius 3 is 2.91 bits per heavy atom. The molecule has 1 aromatic carbocycles. The summed E-state index contributed by atoms with van der Waals surface area (Å²) in [6, 6.07) is 4.33. The number of fused-ring (bicyclic) bond motifs is 1. The van der Waals surface area contributed by atoms with Gasteiger partial charge in [0.25, 0.3) is 5.91 Å². The van der Waals surface area contributed by atoms with Crippen molar-refractivity contribution in [2.24, 2.45) is 0 Å². The second-order valence-corrected chi connectivity index (χ2v) is 6.63. The summed E-state index contributed by atoms with van der Waals surface area (Å²) in [6.45, 7) is 2.48. The monoisotopic (exact) mass is 317 g/mol. The zero-order valence-corrected chi connectivity index (χ0v) is 13.2. The number of aryl methyl sites for hydroxylation is 1. The fourth-order valence-electron chi connectivity index (χ4n) is 4.05. The second kappa shape index (κ2) is 5.34. The maximum absolute atomic E-state index is 13.4. The van der Waals surface area contributed by atoms with Crippen molar-refractivity contribution in [2.45, 2.75) is 50.7 Å². The molecular formula is C18H20FNO3. The van der Waals surface area contributed by atoms with Crippen molar-refractivity contribution >= 4 is 16.9 Å². The molecule has 2 fully saturated rings. The quantitative estimate of drug-likeness (QED) is 0.918. The normalized spacial score (nSPS) is 23.0. The molecule has 2 heterocycles. The van der Waals surface area contributed by atoms with E-state index in [-0.39, 0.29) is 29.1 Å². The Morgan fingerprint density at radius 1 is 1.35 bits per heavy atom. The van der Waals surface area contributed by atoms with Gasteiger partial charge in [-0.2, -0.15) is 0 Å². The first kappa shape index (κ1) is 14.7. The lowest BCUT2D eigenvalue weighted by Crippen LogP contribution is -2.48. The summed E-state index contributed by atoms with van der Waals surface area (Å²) in [7, 11) is 0. The van der Waals surface area contributed by atoms with Crippen LogP contribution in [0.4, 0.5) is 4.39 Å². The third kappa shape index (κ3) is 2.34. The van der Waals surface area contributed by atoms with Gasteiger partial charge < -0.3 is 14.5 Å². The molecule has 1 aliphatic heterocycles. The highest BCUT2D eigenvalue weighted by Crippen LogP contribution is 2.41. The first-order valence-electron chi connectivity index (χ1n) is 8.22. The predicted octanol–water partition coefficient (Wildman–Crippen LogP) is 3.71. The highest BCUT2D eigenvalue weighted by Gasteiger charge is 2.47. The number of carbonyl (C=O) groups is 1. The molecule has 1 N–H and O–H groups in total. The summed E-state index contributed by atoms with van der Waals surface area (Å²) in [5.41, 5.74) is 1.02. The molecule has 0 radical (unpaired) electrons. The lowest BCUT2D eigenvalue weighted by Gasteiger charge is -2.30. The van der Waals surface area contributed by atoms with Crippen LogP contribution in [0.5, 0.6) is 0 Å². The summed E-state index contributed by atoms with van der Waals surface area (Å²) >= 11 is 0. The molecule has 0 bridgehead atoms. The number of hydrogen-bond donors (Lipinski definition) is 1. The van der Waals surface area contributed by atoms with Crippen molar-refractivity contribution < 1.29 is 18.3 Å². The van der Waals surface area contributed by atoms with Crippen molar-refractivity contribution in [1.29, 1.82) is 0 Å². The molecule has 1 aliphatic carbocycles. The Morgan fingerprint density at radius 2 is 2.13 bits per heavy atom. The molecule has 1 saturated carbocycles. The van der Waals surface area contributed by atoms with Gasteiger partial charge in [0.2, 0.25) is 0 Å². The van der Waals surface area contributed by atoms with E-state index in [1.807, 2.05) is 0 Å². The number of amides is 1. The first-order valence-corrected chi connectivity index (χ1v) is 8.22. The molecule has 1 unspecified atom stereocenters. The van der Waals surface area contributed by atoms with Crippen LogP contribution < -0.4 is 5.32 Å². The first-order chi connectivity index (χ1) is 11.1. The van der Waals surface area contributed by atoms with Crippen LogP contribution in [-0.2, 0) is 4.74 Å². The van der Waals surface area contributed by atoms with Crippen molar-refractivity contribution in [1.82, 2.24) is 5.32 Å². The van der Waals surface area contributed by atoms with Gasteiger partial charge in [-0.05, 0) is 44.4 Å². The van der Waals surface area contributed by atoms with E-state index in [2.05, 4.69) is 5.32 Å². The lowest BCUT2D eigenvalue weighted by molar-refractivity contribution is -0.00417. The van der Waals surface area contributed by atoms with E-state index in [4.69, 9.17) is 9.15 Å². The van der Waals surface area contributed by atoms with Crippen LogP contribution in [-0.4, -0.2) is 24.2 Å². The van der Waals surface area contributed by atoms with Gasteiger partial charge in [-0.1, -0.05) is 12.8 Å². The van der Waals surface area contributed by atoms with Gasteiger partial charge in [-0.15, -0.1) is 0 Å². The van der Waals surface area contributed by atoms with Crippen molar-refractivity contribution in [3.05, 3.63) is 35.3 Å². The van der Waals surface area contributed by atoms with Crippen molar-refractivity contribution in [3.63, 3.8) is 0 Å². The van der Waals surface area contributed by atoms with E-state index in [0.29, 0.717) is 23.1 Å². The number of ether oxygens (including phenoxy) is 1. The van der Waals surface area contributed by atoms with Gasteiger partial charge in [-0.3, -0.25) is 4.79 Å². The van der Waals surface area contributed by atoms with Crippen LogP contribution in [0.2, 0.25) is 0 Å². The third-order valence-electron chi connectivity index (χ3n) is 5.29. The maximum atomic E-state index is 13.4. The number of hydrogen-bond acceptors (Lipinski definition) is 3. The SMILES string of the molecule is Cc1c(C(=O)NC2CCOC23CCCC3)oc2ccc(F)cc12. The van der Waals surface area contributed by atoms with E-state index < -0.39 is 0 Å². The Bertz CT molecular complexity index is 755. The van der Waals surface area contributed by atoms with Gasteiger partial charge in [0.15, 0.2) is 5.76 Å². The maximum Gasteiger partial charge on any atom is 0.287 e. The topological polar surface area (TPSA) is 51.5 Å². The molecule has 4 rings (SSSR count). The largest absolute Gasteiger partial charge is 0.451 e. The summed E-state index contributed by atoms with van der Waals surface area (Å²) < 4.78 is 25.0. The molecule has 2 aromatic rings. The van der Waals surface area contributed by atoms with E-state index in [1.165, 1.54) is 12.1 Å². The molecule has 2 aliphatic rings. The van der Waals surface area contributed by atoms with Gasteiger partial charge in [0.1, 0.15) is 11.4 Å². The van der Waals surface area contributed by atoms with E-state index in [0.717, 1.165) is 32.1 Å². The summed E-state index contributed by atoms with van der Waals surface area (Å²) in [5.74, 6) is -0.297. The third-order valence-corrected chi connectivity index (χ3v) is 5.29. The molecule has 5 heteroatoms. The lowest BCUT2D eigenvalue weighted by atomic mass is 9.92. The minimum Gasteiger partial charge on any atom is -0.451 e. The van der Waals surface area contributed by atoms with Crippen LogP contribution in [0.3, 0.4) is 0 Å². The predicted molar refractivity (Wildman–Crippen MR) is 83.9 cm³/mol.